The molecule has 2 N–H and O–H groups in total. The number of benzene rings is 1. The number of anilines is 1. The summed E-state index contributed by atoms with van der Waals surface area (Å²) in [5.74, 6) is 0. The minimum atomic E-state index is 0.249. The van der Waals surface area contributed by atoms with Gasteiger partial charge in [-0.2, -0.15) is 0 Å². The SMILES string of the molecule is OCCCN(c1cc(Cl)ccc1CNC1CC1)C1CCC1. The van der Waals surface area contributed by atoms with Crippen LogP contribution in [0.4, 0.5) is 5.69 Å². The highest BCUT2D eigenvalue weighted by Gasteiger charge is 2.27. The molecule has 0 amide bonds. The lowest BCUT2D eigenvalue weighted by atomic mass is 9.90. The minimum absolute atomic E-state index is 0.249. The molecule has 1 aromatic rings. The molecule has 0 aromatic heterocycles. The van der Waals surface area contributed by atoms with Crippen molar-refractivity contribution in [3.63, 3.8) is 0 Å². The fourth-order valence-electron chi connectivity index (χ4n) is 2.93. The second-order valence-corrected chi connectivity index (χ2v) is 6.72. The molecule has 0 radical (unpaired) electrons. The van der Waals surface area contributed by atoms with E-state index in [2.05, 4.69) is 22.3 Å². The molecule has 3 rings (SSSR count). The zero-order valence-electron chi connectivity index (χ0n) is 12.5. The van der Waals surface area contributed by atoms with Gasteiger partial charge in [0.25, 0.3) is 0 Å². The molecule has 0 heterocycles. The van der Waals surface area contributed by atoms with Gasteiger partial charge < -0.3 is 15.3 Å². The van der Waals surface area contributed by atoms with E-state index in [-0.39, 0.29) is 6.61 Å². The largest absolute Gasteiger partial charge is 0.396 e. The van der Waals surface area contributed by atoms with Crippen LogP contribution in [0, 0.1) is 0 Å². The van der Waals surface area contributed by atoms with Crippen LogP contribution in [0.2, 0.25) is 5.02 Å². The summed E-state index contributed by atoms with van der Waals surface area (Å²) in [6.45, 7) is 2.08. The van der Waals surface area contributed by atoms with Gasteiger partial charge in [-0.1, -0.05) is 17.7 Å². The number of aliphatic hydroxyl groups excluding tert-OH is 1. The summed E-state index contributed by atoms with van der Waals surface area (Å²) in [6, 6.07) is 7.57. The molecule has 1 aromatic carbocycles. The van der Waals surface area contributed by atoms with E-state index in [0.717, 1.165) is 24.5 Å². The topological polar surface area (TPSA) is 35.5 Å². The van der Waals surface area contributed by atoms with Gasteiger partial charge in [0, 0.05) is 42.5 Å². The summed E-state index contributed by atoms with van der Waals surface area (Å²) in [4.78, 5) is 2.47. The van der Waals surface area contributed by atoms with Crippen molar-refractivity contribution in [1.29, 1.82) is 0 Å². The van der Waals surface area contributed by atoms with E-state index >= 15 is 0 Å². The van der Waals surface area contributed by atoms with Crippen molar-refractivity contribution in [2.45, 2.75) is 57.2 Å². The summed E-state index contributed by atoms with van der Waals surface area (Å²) >= 11 is 6.24. The van der Waals surface area contributed by atoms with Crippen LogP contribution < -0.4 is 10.2 Å². The van der Waals surface area contributed by atoms with Gasteiger partial charge in [-0.3, -0.25) is 0 Å². The normalized spacial score (nSPS) is 18.6. The summed E-state index contributed by atoms with van der Waals surface area (Å²) in [5, 5.41) is 13.6. The van der Waals surface area contributed by atoms with E-state index in [1.54, 1.807) is 0 Å². The predicted molar refractivity (Wildman–Crippen MR) is 88.0 cm³/mol. The lowest BCUT2D eigenvalue weighted by molar-refractivity contribution is 0.283. The molecule has 21 heavy (non-hydrogen) atoms. The van der Waals surface area contributed by atoms with E-state index in [0.29, 0.717) is 12.1 Å². The first-order valence-corrected chi connectivity index (χ1v) is 8.55. The van der Waals surface area contributed by atoms with Crippen LogP contribution in [0.25, 0.3) is 0 Å². The van der Waals surface area contributed by atoms with Crippen LogP contribution in [-0.2, 0) is 6.54 Å². The molecule has 3 nitrogen and oxygen atoms in total. The predicted octanol–water partition coefficient (Wildman–Crippen LogP) is 3.33. The highest BCUT2D eigenvalue weighted by Crippen LogP contribution is 2.34. The molecule has 0 bridgehead atoms. The lowest BCUT2D eigenvalue weighted by Crippen LogP contribution is -2.42. The maximum absolute atomic E-state index is 9.18. The Morgan fingerprint density at radius 3 is 2.67 bits per heavy atom. The molecule has 2 aliphatic rings. The third-order valence-corrected chi connectivity index (χ3v) is 4.82. The Morgan fingerprint density at radius 1 is 1.24 bits per heavy atom. The van der Waals surface area contributed by atoms with E-state index in [1.807, 2.05) is 6.07 Å². The first kappa shape index (κ1) is 15.1. The molecular formula is C17H25ClN2O. The van der Waals surface area contributed by atoms with E-state index in [4.69, 9.17) is 11.6 Å². The quantitative estimate of drug-likeness (QED) is 0.773. The summed E-state index contributed by atoms with van der Waals surface area (Å²) in [6.07, 6.45) is 7.26. The maximum Gasteiger partial charge on any atom is 0.0447 e. The van der Waals surface area contributed by atoms with Gasteiger partial charge in [-0.05, 0) is 56.2 Å². The molecule has 0 unspecified atom stereocenters. The Labute approximate surface area is 132 Å². The van der Waals surface area contributed by atoms with Gasteiger partial charge in [-0.15, -0.1) is 0 Å². The van der Waals surface area contributed by atoms with Gasteiger partial charge in [-0.25, -0.2) is 0 Å². The van der Waals surface area contributed by atoms with Crippen molar-refractivity contribution < 1.29 is 5.11 Å². The summed E-state index contributed by atoms with van der Waals surface area (Å²) < 4.78 is 0. The maximum atomic E-state index is 9.18. The summed E-state index contributed by atoms with van der Waals surface area (Å²) in [7, 11) is 0. The third-order valence-electron chi connectivity index (χ3n) is 4.59. The Bertz CT molecular complexity index is 472. The molecule has 2 aliphatic carbocycles. The lowest BCUT2D eigenvalue weighted by Gasteiger charge is -2.40. The molecule has 0 aliphatic heterocycles. The monoisotopic (exact) mass is 308 g/mol. The van der Waals surface area contributed by atoms with E-state index in [9.17, 15) is 5.11 Å². The highest BCUT2D eigenvalue weighted by molar-refractivity contribution is 6.30. The molecule has 0 atom stereocenters. The minimum Gasteiger partial charge on any atom is -0.396 e. The van der Waals surface area contributed by atoms with E-state index in [1.165, 1.54) is 43.4 Å². The number of rotatable bonds is 8. The second-order valence-electron chi connectivity index (χ2n) is 6.28. The molecular weight excluding hydrogens is 284 g/mol. The molecule has 2 saturated carbocycles. The Morgan fingerprint density at radius 2 is 2.05 bits per heavy atom. The van der Waals surface area contributed by atoms with Gasteiger partial charge in [0.05, 0.1) is 0 Å². The number of hydrogen-bond acceptors (Lipinski definition) is 3. The third kappa shape index (κ3) is 3.91. The number of aliphatic hydroxyl groups is 1. The van der Waals surface area contributed by atoms with E-state index < -0.39 is 0 Å². The molecule has 116 valence electrons. The summed E-state index contributed by atoms with van der Waals surface area (Å²) in [5.41, 5.74) is 2.59. The van der Waals surface area contributed by atoms with Crippen LogP contribution in [0.1, 0.15) is 44.1 Å². The average molecular weight is 309 g/mol. The van der Waals surface area contributed by atoms with Crippen molar-refractivity contribution in [2.75, 3.05) is 18.1 Å². The number of nitrogens with one attached hydrogen (secondary N) is 1. The van der Waals surface area contributed by atoms with Crippen LogP contribution in [0.15, 0.2) is 18.2 Å². The first-order chi connectivity index (χ1) is 10.3. The molecule has 4 heteroatoms. The van der Waals surface area contributed by atoms with Gasteiger partial charge >= 0.3 is 0 Å². The smallest absolute Gasteiger partial charge is 0.0447 e. The zero-order valence-corrected chi connectivity index (χ0v) is 13.3. The number of halogens is 1. The standard InChI is InChI=1S/C17H25ClN2O/c18-14-6-5-13(12-19-15-7-8-15)17(11-14)20(9-2-10-21)16-3-1-4-16/h5-6,11,15-16,19,21H,1-4,7-10,12H2. The van der Waals surface area contributed by atoms with Gasteiger partial charge in [0.2, 0.25) is 0 Å². The number of hydrogen-bond donors (Lipinski definition) is 2. The highest BCUT2D eigenvalue weighted by atomic mass is 35.5. The second kappa shape index (κ2) is 6.99. The van der Waals surface area contributed by atoms with Crippen LogP contribution in [0.3, 0.4) is 0 Å². The average Bonchev–Trinajstić information content (AvgIpc) is 3.24. The first-order valence-electron chi connectivity index (χ1n) is 8.17. The Balaban J connectivity index is 1.78. The van der Waals surface area contributed by atoms with Crippen molar-refractivity contribution in [2.24, 2.45) is 0 Å². The Hall–Kier alpha value is -0.770. The van der Waals surface area contributed by atoms with Crippen molar-refractivity contribution in [3.05, 3.63) is 28.8 Å². The number of nitrogens with zero attached hydrogens (tertiary/aromatic N) is 1. The fraction of sp³-hybridized carbons (Fsp3) is 0.647. The van der Waals surface area contributed by atoms with Crippen molar-refractivity contribution >= 4 is 17.3 Å². The molecule has 0 saturated heterocycles. The van der Waals surface area contributed by atoms with Crippen LogP contribution in [-0.4, -0.2) is 30.3 Å². The fourth-order valence-corrected chi connectivity index (χ4v) is 3.10. The zero-order chi connectivity index (χ0) is 14.7. The molecule has 0 spiro atoms. The van der Waals surface area contributed by atoms with Crippen LogP contribution in [0.5, 0.6) is 0 Å². The Kier molecular flexibility index (Phi) is 5.04. The van der Waals surface area contributed by atoms with Crippen LogP contribution >= 0.6 is 11.6 Å². The van der Waals surface area contributed by atoms with Crippen molar-refractivity contribution in [3.8, 4) is 0 Å². The van der Waals surface area contributed by atoms with Gasteiger partial charge in [0.1, 0.15) is 0 Å². The van der Waals surface area contributed by atoms with Crippen molar-refractivity contribution in [1.82, 2.24) is 5.32 Å². The molecule has 2 fully saturated rings. The van der Waals surface area contributed by atoms with Gasteiger partial charge in [0.15, 0.2) is 0 Å².